The topological polar surface area (TPSA) is 32.3 Å². The summed E-state index contributed by atoms with van der Waals surface area (Å²) in [6, 6.07) is 13.1. The van der Waals surface area contributed by atoms with Crippen LogP contribution >= 0.6 is 0 Å². The second-order valence-corrected chi connectivity index (χ2v) is 8.69. The van der Waals surface area contributed by atoms with Gasteiger partial charge in [0, 0.05) is 30.9 Å². The van der Waals surface area contributed by atoms with E-state index in [1.165, 1.54) is 16.8 Å². The summed E-state index contributed by atoms with van der Waals surface area (Å²) in [7, 11) is 0. The standard InChI is InChI=1S/C23H30N2O/c1-16-12-18(15-25-11-10-19-8-6-7-9-20(19)25)13-17(2)22(16)24-21(26)14-23(3,4)5/h6-9,12-13H,10-11,14-15H2,1-5H3,(H,24,26). The van der Waals surface area contributed by atoms with Crippen molar-refractivity contribution in [2.75, 3.05) is 16.8 Å². The molecular formula is C23H30N2O. The van der Waals surface area contributed by atoms with Crippen molar-refractivity contribution < 1.29 is 4.79 Å². The number of carbonyl (C=O) groups excluding carboxylic acids is 1. The van der Waals surface area contributed by atoms with Crippen LogP contribution in [0.3, 0.4) is 0 Å². The van der Waals surface area contributed by atoms with E-state index in [9.17, 15) is 4.79 Å². The molecule has 0 fully saturated rings. The molecule has 3 rings (SSSR count). The molecule has 138 valence electrons. The molecule has 1 aliphatic rings. The predicted molar refractivity (Wildman–Crippen MR) is 110 cm³/mol. The number of hydrogen-bond donors (Lipinski definition) is 1. The van der Waals surface area contributed by atoms with Gasteiger partial charge in [0.2, 0.25) is 5.91 Å². The lowest BCUT2D eigenvalue weighted by Crippen LogP contribution is -2.21. The highest BCUT2D eigenvalue weighted by Crippen LogP contribution is 2.30. The van der Waals surface area contributed by atoms with Crippen LogP contribution in [0.15, 0.2) is 36.4 Å². The fourth-order valence-corrected chi connectivity index (χ4v) is 3.80. The van der Waals surface area contributed by atoms with Gasteiger partial charge < -0.3 is 10.2 Å². The van der Waals surface area contributed by atoms with Crippen molar-refractivity contribution in [1.29, 1.82) is 0 Å². The van der Waals surface area contributed by atoms with Gasteiger partial charge in [0.15, 0.2) is 0 Å². The second-order valence-electron chi connectivity index (χ2n) is 8.69. The number of fused-ring (bicyclic) bond motifs is 1. The first kappa shape index (κ1) is 18.5. The molecule has 0 bridgehead atoms. The Labute approximate surface area is 157 Å². The quantitative estimate of drug-likeness (QED) is 0.818. The third-order valence-corrected chi connectivity index (χ3v) is 4.90. The summed E-state index contributed by atoms with van der Waals surface area (Å²) >= 11 is 0. The van der Waals surface area contributed by atoms with Crippen LogP contribution in [-0.2, 0) is 17.8 Å². The van der Waals surface area contributed by atoms with Gasteiger partial charge in [0.1, 0.15) is 0 Å². The molecule has 1 amide bonds. The zero-order valence-corrected chi connectivity index (χ0v) is 16.6. The molecule has 1 heterocycles. The van der Waals surface area contributed by atoms with Crippen molar-refractivity contribution in [3.05, 3.63) is 58.7 Å². The van der Waals surface area contributed by atoms with E-state index in [2.05, 4.69) is 81.2 Å². The van der Waals surface area contributed by atoms with Crippen LogP contribution in [0.4, 0.5) is 11.4 Å². The Balaban J connectivity index is 1.75. The van der Waals surface area contributed by atoms with E-state index >= 15 is 0 Å². The maximum Gasteiger partial charge on any atom is 0.224 e. The van der Waals surface area contributed by atoms with Crippen LogP contribution in [0.5, 0.6) is 0 Å². The van der Waals surface area contributed by atoms with Gasteiger partial charge in [-0.1, -0.05) is 51.1 Å². The molecule has 0 saturated carbocycles. The molecule has 0 aliphatic carbocycles. The van der Waals surface area contributed by atoms with Gasteiger partial charge in [-0.15, -0.1) is 0 Å². The molecule has 3 heteroatoms. The van der Waals surface area contributed by atoms with Crippen LogP contribution in [0.25, 0.3) is 0 Å². The van der Waals surface area contributed by atoms with Crippen molar-refractivity contribution in [2.24, 2.45) is 5.41 Å². The number of nitrogens with zero attached hydrogens (tertiary/aromatic N) is 1. The molecule has 2 aromatic carbocycles. The minimum Gasteiger partial charge on any atom is -0.367 e. The molecule has 0 radical (unpaired) electrons. The Bertz CT molecular complexity index is 794. The van der Waals surface area contributed by atoms with E-state index in [-0.39, 0.29) is 11.3 Å². The molecule has 26 heavy (non-hydrogen) atoms. The summed E-state index contributed by atoms with van der Waals surface area (Å²) in [5.41, 5.74) is 7.31. The molecule has 1 N–H and O–H groups in total. The Morgan fingerprint density at radius 3 is 2.42 bits per heavy atom. The van der Waals surface area contributed by atoms with Crippen molar-refractivity contribution in [1.82, 2.24) is 0 Å². The Kier molecular flexibility index (Phi) is 5.08. The summed E-state index contributed by atoms with van der Waals surface area (Å²) in [4.78, 5) is 14.8. The van der Waals surface area contributed by atoms with E-state index in [0.717, 1.165) is 36.3 Å². The fourth-order valence-electron chi connectivity index (χ4n) is 3.80. The summed E-state index contributed by atoms with van der Waals surface area (Å²) in [5.74, 6) is 0.0879. The van der Waals surface area contributed by atoms with Crippen LogP contribution in [0, 0.1) is 19.3 Å². The number of rotatable bonds is 4. The molecular weight excluding hydrogens is 320 g/mol. The van der Waals surface area contributed by atoms with E-state index < -0.39 is 0 Å². The molecule has 3 nitrogen and oxygen atoms in total. The Morgan fingerprint density at radius 2 is 1.77 bits per heavy atom. The Hall–Kier alpha value is -2.29. The lowest BCUT2D eigenvalue weighted by Gasteiger charge is -2.22. The molecule has 0 unspecified atom stereocenters. The number of para-hydroxylation sites is 1. The normalized spacial score (nSPS) is 13.7. The van der Waals surface area contributed by atoms with Crippen LogP contribution in [0.1, 0.15) is 49.4 Å². The minimum atomic E-state index is -0.00498. The summed E-state index contributed by atoms with van der Waals surface area (Å²) in [6.45, 7) is 12.4. The molecule has 1 aliphatic heterocycles. The average molecular weight is 351 g/mol. The van der Waals surface area contributed by atoms with Crippen molar-refractivity contribution in [2.45, 2.75) is 54.0 Å². The smallest absolute Gasteiger partial charge is 0.224 e. The highest BCUT2D eigenvalue weighted by molar-refractivity contribution is 5.92. The predicted octanol–water partition coefficient (Wildman–Crippen LogP) is 5.24. The van der Waals surface area contributed by atoms with Gasteiger partial charge in [-0.25, -0.2) is 0 Å². The zero-order valence-electron chi connectivity index (χ0n) is 16.6. The molecule has 0 saturated heterocycles. The second kappa shape index (κ2) is 7.14. The molecule has 0 atom stereocenters. The first-order chi connectivity index (χ1) is 12.2. The molecule has 0 aromatic heterocycles. The van der Waals surface area contributed by atoms with Gasteiger partial charge in [-0.3, -0.25) is 4.79 Å². The van der Waals surface area contributed by atoms with Crippen molar-refractivity contribution in [3.63, 3.8) is 0 Å². The minimum absolute atomic E-state index is 0.00498. The highest BCUT2D eigenvalue weighted by atomic mass is 16.1. The average Bonchev–Trinajstić information content (AvgIpc) is 2.93. The molecule has 2 aromatic rings. The Morgan fingerprint density at radius 1 is 1.12 bits per heavy atom. The maximum atomic E-state index is 12.3. The summed E-state index contributed by atoms with van der Waals surface area (Å²) in [5, 5.41) is 3.12. The van der Waals surface area contributed by atoms with Gasteiger partial charge in [0.05, 0.1) is 0 Å². The maximum absolute atomic E-state index is 12.3. The number of anilines is 2. The molecule has 0 spiro atoms. The van der Waals surface area contributed by atoms with E-state index in [1.54, 1.807) is 0 Å². The van der Waals surface area contributed by atoms with Crippen molar-refractivity contribution >= 4 is 17.3 Å². The van der Waals surface area contributed by atoms with Crippen LogP contribution < -0.4 is 10.2 Å². The van der Waals surface area contributed by atoms with Gasteiger partial charge in [-0.2, -0.15) is 0 Å². The number of benzene rings is 2. The van der Waals surface area contributed by atoms with Gasteiger partial charge in [0.25, 0.3) is 0 Å². The lowest BCUT2D eigenvalue weighted by molar-refractivity contribution is -0.117. The van der Waals surface area contributed by atoms with Gasteiger partial charge >= 0.3 is 0 Å². The largest absolute Gasteiger partial charge is 0.367 e. The summed E-state index contributed by atoms with van der Waals surface area (Å²) in [6.07, 6.45) is 1.65. The third-order valence-electron chi connectivity index (χ3n) is 4.90. The first-order valence-corrected chi connectivity index (χ1v) is 9.46. The van der Waals surface area contributed by atoms with E-state index in [0.29, 0.717) is 6.42 Å². The van der Waals surface area contributed by atoms with E-state index in [4.69, 9.17) is 0 Å². The fraction of sp³-hybridized carbons (Fsp3) is 0.435. The SMILES string of the molecule is Cc1cc(CN2CCc3ccccc32)cc(C)c1NC(=O)CC(C)(C)C. The van der Waals surface area contributed by atoms with Crippen LogP contribution in [-0.4, -0.2) is 12.5 Å². The lowest BCUT2D eigenvalue weighted by atomic mass is 9.92. The monoisotopic (exact) mass is 350 g/mol. The summed E-state index contributed by atoms with van der Waals surface area (Å²) < 4.78 is 0. The first-order valence-electron chi connectivity index (χ1n) is 9.46. The van der Waals surface area contributed by atoms with E-state index in [1.807, 2.05) is 0 Å². The third kappa shape index (κ3) is 4.27. The van der Waals surface area contributed by atoms with Gasteiger partial charge in [-0.05, 0) is 54.0 Å². The highest BCUT2D eigenvalue weighted by Gasteiger charge is 2.20. The number of hydrogen-bond acceptors (Lipinski definition) is 2. The van der Waals surface area contributed by atoms with Crippen molar-refractivity contribution in [3.8, 4) is 0 Å². The van der Waals surface area contributed by atoms with Crippen LogP contribution in [0.2, 0.25) is 0 Å². The number of amides is 1. The number of nitrogens with one attached hydrogen (secondary N) is 1. The number of carbonyl (C=O) groups is 1. The zero-order chi connectivity index (χ0) is 18.9. The number of aryl methyl sites for hydroxylation is 2.